The Morgan fingerprint density at radius 1 is 0.299 bits per heavy atom. The monoisotopic (exact) mass is 851 g/mol. The predicted molar refractivity (Wildman–Crippen MR) is 279 cm³/mol. The van der Waals surface area contributed by atoms with Gasteiger partial charge in [-0.25, -0.2) is 0 Å². The lowest BCUT2D eigenvalue weighted by Crippen LogP contribution is -2.26. The van der Waals surface area contributed by atoms with E-state index in [0.29, 0.717) is 0 Å². The molecule has 2 aliphatic carbocycles. The Balaban J connectivity index is 1.04. The first-order chi connectivity index (χ1) is 33.2. The SMILES string of the molecule is c1ccc(-c2ccc(N(c3ccc4c(c3)C3(c5ccccc5-c5ccccc53)c3ccccc3-4)c3cccc4oc5c6ccccc6c(-c6cccc(-c7ccccc7)c6)cc5c34)cc2)cc1. The molecule has 0 atom stereocenters. The molecule has 2 nitrogen and oxygen atoms in total. The third-order valence-electron chi connectivity index (χ3n) is 14.5. The van der Waals surface area contributed by atoms with Crippen LogP contribution in [0.2, 0.25) is 0 Å². The number of hydrogen-bond donors (Lipinski definition) is 0. The Kier molecular flexibility index (Phi) is 8.23. The van der Waals surface area contributed by atoms with Gasteiger partial charge in [0.15, 0.2) is 0 Å². The van der Waals surface area contributed by atoms with Crippen LogP contribution in [0.15, 0.2) is 253 Å². The fraction of sp³-hybridized carbons (Fsp3) is 0.0154. The van der Waals surface area contributed by atoms with Crippen LogP contribution >= 0.6 is 0 Å². The minimum atomic E-state index is -0.478. The molecular formula is C65H41NO. The molecule has 2 aliphatic rings. The van der Waals surface area contributed by atoms with Gasteiger partial charge in [-0.2, -0.15) is 0 Å². The highest BCUT2D eigenvalue weighted by molar-refractivity contribution is 6.22. The molecular weight excluding hydrogens is 811 g/mol. The number of nitrogens with zero attached hydrogens (tertiary/aromatic N) is 1. The van der Waals surface area contributed by atoms with E-state index in [9.17, 15) is 0 Å². The second-order valence-corrected chi connectivity index (χ2v) is 17.9. The van der Waals surface area contributed by atoms with Crippen molar-refractivity contribution in [3.05, 3.63) is 271 Å². The minimum absolute atomic E-state index is 0.478. The smallest absolute Gasteiger partial charge is 0.143 e. The van der Waals surface area contributed by atoms with Crippen LogP contribution in [0.3, 0.4) is 0 Å². The molecule has 1 spiro atoms. The van der Waals surface area contributed by atoms with E-state index in [2.05, 4.69) is 254 Å². The summed E-state index contributed by atoms with van der Waals surface area (Å²) in [5.41, 5.74) is 22.0. The molecule has 0 N–H and O–H groups in total. The molecule has 0 fully saturated rings. The Bertz CT molecular complexity index is 3860. The van der Waals surface area contributed by atoms with Gasteiger partial charge in [0.2, 0.25) is 0 Å². The van der Waals surface area contributed by atoms with E-state index >= 15 is 0 Å². The maximum absolute atomic E-state index is 7.03. The standard InChI is InChI=1S/C65H41NO/c1-3-17-42(18-4-1)44-33-35-47(36-34-44)66(48-37-38-53-52-26-11-14-30-59(52)65(60(53)40-48)57-28-12-9-24-50(57)51-25-10-13-29-58(51)65)61-31-16-32-62-63(61)56-41-55(49-23-7-8-27-54(49)64(56)67-62)46-22-15-21-45(39-46)43-19-5-2-6-20-43/h1-41H. The van der Waals surface area contributed by atoms with Crippen LogP contribution in [-0.4, -0.2) is 0 Å². The van der Waals surface area contributed by atoms with Gasteiger partial charge in [0, 0.05) is 22.1 Å². The molecule has 0 saturated carbocycles. The summed E-state index contributed by atoms with van der Waals surface area (Å²) in [6, 6.07) is 91.2. The second kappa shape index (κ2) is 14.7. The fourth-order valence-electron chi connectivity index (χ4n) is 11.6. The van der Waals surface area contributed by atoms with Gasteiger partial charge in [0.25, 0.3) is 0 Å². The number of fused-ring (bicyclic) bond motifs is 15. The summed E-state index contributed by atoms with van der Waals surface area (Å²) in [4.78, 5) is 2.46. The van der Waals surface area contributed by atoms with Gasteiger partial charge < -0.3 is 9.32 Å². The molecule has 0 bridgehead atoms. The van der Waals surface area contributed by atoms with Crippen LogP contribution in [0, 0.1) is 0 Å². The van der Waals surface area contributed by atoms with Crippen LogP contribution in [0.5, 0.6) is 0 Å². The van der Waals surface area contributed by atoms with Gasteiger partial charge in [-0.05, 0) is 132 Å². The molecule has 11 aromatic carbocycles. The van der Waals surface area contributed by atoms with Crippen LogP contribution in [0.1, 0.15) is 22.3 Å². The van der Waals surface area contributed by atoms with Crippen LogP contribution < -0.4 is 4.90 Å². The molecule has 1 aromatic heterocycles. The van der Waals surface area contributed by atoms with Crippen LogP contribution in [-0.2, 0) is 5.41 Å². The summed E-state index contributed by atoms with van der Waals surface area (Å²) in [6.07, 6.45) is 0. The van der Waals surface area contributed by atoms with Crippen molar-refractivity contribution in [1.82, 2.24) is 0 Å². The number of hydrogen-bond acceptors (Lipinski definition) is 2. The summed E-state index contributed by atoms with van der Waals surface area (Å²) in [6.45, 7) is 0. The molecule has 0 unspecified atom stereocenters. The molecule has 14 rings (SSSR count). The van der Waals surface area contributed by atoms with Gasteiger partial charge in [0.05, 0.1) is 16.5 Å². The maximum Gasteiger partial charge on any atom is 0.143 e. The van der Waals surface area contributed by atoms with E-state index in [1.807, 2.05) is 0 Å². The van der Waals surface area contributed by atoms with E-state index in [1.54, 1.807) is 0 Å². The van der Waals surface area contributed by atoms with Crippen molar-refractivity contribution in [3.8, 4) is 55.6 Å². The third-order valence-corrected chi connectivity index (χ3v) is 14.5. The molecule has 0 radical (unpaired) electrons. The zero-order chi connectivity index (χ0) is 44.1. The quantitative estimate of drug-likeness (QED) is 0.166. The first-order valence-electron chi connectivity index (χ1n) is 23.2. The highest BCUT2D eigenvalue weighted by Gasteiger charge is 2.51. The highest BCUT2D eigenvalue weighted by atomic mass is 16.3. The van der Waals surface area contributed by atoms with Crippen LogP contribution in [0.25, 0.3) is 88.3 Å². The Morgan fingerprint density at radius 2 is 0.806 bits per heavy atom. The first kappa shape index (κ1) is 37.6. The second-order valence-electron chi connectivity index (χ2n) is 17.9. The molecule has 12 aromatic rings. The average molecular weight is 852 g/mol. The topological polar surface area (TPSA) is 16.4 Å². The molecule has 312 valence electrons. The third kappa shape index (κ3) is 5.51. The van der Waals surface area contributed by atoms with E-state index in [0.717, 1.165) is 49.8 Å². The van der Waals surface area contributed by atoms with E-state index in [4.69, 9.17) is 4.42 Å². The summed E-state index contributed by atoms with van der Waals surface area (Å²) in [5, 5.41) is 4.41. The van der Waals surface area contributed by atoms with Gasteiger partial charge in [-0.1, -0.05) is 200 Å². The zero-order valence-electron chi connectivity index (χ0n) is 36.5. The largest absolute Gasteiger partial charge is 0.455 e. The molecule has 0 amide bonds. The Morgan fingerprint density at radius 3 is 1.48 bits per heavy atom. The highest BCUT2D eigenvalue weighted by Crippen LogP contribution is 2.63. The fourth-order valence-corrected chi connectivity index (χ4v) is 11.6. The van der Waals surface area contributed by atoms with Crippen molar-refractivity contribution in [2.24, 2.45) is 0 Å². The molecule has 0 saturated heterocycles. The van der Waals surface area contributed by atoms with E-state index < -0.39 is 5.41 Å². The van der Waals surface area contributed by atoms with Crippen molar-refractivity contribution in [2.45, 2.75) is 5.41 Å². The lowest BCUT2D eigenvalue weighted by atomic mass is 9.70. The zero-order valence-corrected chi connectivity index (χ0v) is 36.5. The number of furan rings is 1. The van der Waals surface area contributed by atoms with E-state index in [-0.39, 0.29) is 0 Å². The minimum Gasteiger partial charge on any atom is -0.455 e. The summed E-state index contributed by atoms with van der Waals surface area (Å²) in [5.74, 6) is 0. The molecule has 67 heavy (non-hydrogen) atoms. The van der Waals surface area contributed by atoms with Crippen molar-refractivity contribution >= 4 is 49.8 Å². The molecule has 0 aliphatic heterocycles. The van der Waals surface area contributed by atoms with Crippen molar-refractivity contribution in [2.75, 3.05) is 4.90 Å². The number of benzene rings is 11. The van der Waals surface area contributed by atoms with Gasteiger partial charge >= 0.3 is 0 Å². The van der Waals surface area contributed by atoms with Crippen molar-refractivity contribution < 1.29 is 4.42 Å². The number of rotatable bonds is 6. The maximum atomic E-state index is 7.03. The van der Waals surface area contributed by atoms with E-state index in [1.165, 1.54) is 77.9 Å². The van der Waals surface area contributed by atoms with Crippen molar-refractivity contribution in [3.63, 3.8) is 0 Å². The molecule has 1 heterocycles. The number of anilines is 3. The Labute approximate surface area is 389 Å². The van der Waals surface area contributed by atoms with Gasteiger partial charge in [0.1, 0.15) is 11.2 Å². The lowest BCUT2D eigenvalue weighted by Gasteiger charge is -2.32. The summed E-state index contributed by atoms with van der Waals surface area (Å²) >= 11 is 0. The predicted octanol–water partition coefficient (Wildman–Crippen LogP) is 17.6. The first-order valence-corrected chi connectivity index (χ1v) is 23.2. The normalized spacial score (nSPS) is 12.9. The van der Waals surface area contributed by atoms with Gasteiger partial charge in [-0.15, -0.1) is 0 Å². The average Bonchev–Trinajstić information content (AvgIpc) is 4.04. The molecule has 2 heteroatoms. The summed E-state index contributed by atoms with van der Waals surface area (Å²) < 4.78 is 7.03. The lowest BCUT2D eigenvalue weighted by molar-refractivity contribution is 0.672. The van der Waals surface area contributed by atoms with Crippen LogP contribution in [0.4, 0.5) is 17.1 Å². The van der Waals surface area contributed by atoms with Gasteiger partial charge in [-0.3, -0.25) is 0 Å². The van der Waals surface area contributed by atoms with Crippen molar-refractivity contribution in [1.29, 1.82) is 0 Å². The Hall–Kier alpha value is -8.72. The summed E-state index contributed by atoms with van der Waals surface area (Å²) in [7, 11) is 0.